The summed E-state index contributed by atoms with van der Waals surface area (Å²) in [7, 11) is 0. The van der Waals surface area contributed by atoms with Gasteiger partial charge in [-0.05, 0) is 29.8 Å². The second-order valence-corrected chi connectivity index (χ2v) is 3.99. The molecule has 0 radical (unpaired) electrons. The monoisotopic (exact) mass is 280 g/mol. The van der Waals surface area contributed by atoms with E-state index in [-0.39, 0.29) is 17.2 Å². The summed E-state index contributed by atoms with van der Waals surface area (Å²) in [5.41, 5.74) is 6.30. The number of anilines is 3. The molecule has 0 aliphatic heterocycles. The number of hydrogen-bond donors (Lipinski definition) is 2. The van der Waals surface area contributed by atoms with Gasteiger partial charge in [0.1, 0.15) is 6.07 Å². The quantitative estimate of drug-likeness (QED) is 0.876. The van der Waals surface area contributed by atoms with Crippen LogP contribution in [0.5, 0.6) is 0 Å². The van der Waals surface area contributed by atoms with Crippen molar-refractivity contribution in [3.05, 3.63) is 34.1 Å². The molecule has 1 aromatic carbocycles. The standard InChI is InChI=1S/C10H6Cl2N6/c11-6-2-1-5(4-13)7(3-6)15-10-17-8(12)16-9(14)18-10/h1-3H,(H3,14,15,16,17,18). The molecular weight excluding hydrogens is 275 g/mol. The van der Waals surface area contributed by atoms with E-state index in [0.717, 1.165) is 0 Å². The molecular formula is C10H6Cl2N6. The average molecular weight is 281 g/mol. The third-order valence-electron chi connectivity index (χ3n) is 1.97. The predicted octanol–water partition coefficient (Wildman–Crippen LogP) is 2.38. The summed E-state index contributed by atoms with van der Waals surface area (Å²) in [6, 6.07) is 6.78. The van der Waals surface area contributed by atoms with Gasteiger partial charge in [0, 0.05) is 5.02 Å². The Morgan fingerprint density at radius 3 is 2.67 bits per heavy atom. The average Bonchev–Trinajstić information content (AvgIpc) is 2.27. The van der Waals surface area contributed by atoms with E-state index in [1.165, 1.54) is 0 Å². The van der Waals surface area contributed by atoms with Crippen molar-refractivity contribution in [2.45, 2.75) is 0 Å². The maximum Gasteiger partial charge on any atom is 0.233 e. The van der Waals surface area contributed by atoms with Crippen LogP contribution in [0.4, 0.5) is 17.6 Å². The molecule has 1 aromatic heterocycles. The molecule has 90 valence electrons. The first-order valence-corrected chi connectivity index (χ1v) is 5.48. The molecule has 18 heavy (non-hydrogen) atoms. The van der Waals surface area contributed by atoms with E-state index in [1.807, 2.05) is 6.07 Å². The van der Waals surface area contributed by atoms with Crippen molar-refractivity contribution < 1.29 is 0 Å². The number of nitrogens with zero attached hydrogens (tertiary/aromatic N) is 4. The van der Waals surface area contributed by atoms with Gasteiger partial charge in [0.2, 0.25) is 17.2 Å². The molecule has 0 aliphatic carbocycles. The maximum atomic E-state index is 8.96. The lowest BCUT2D eigenvalue weighted by Crippen LogP contribution is -2.04. The Hall–Kier alpha value is -2.10. The van der Waals surface area contributed by atoms with Gasteiger partial charge in [-0.25, -0.2) is 0 Å². The number of nitriles is 1. The second-order valence-electron chi connectivity index (χ2n) is 3.21. The highest BCUT2D eigenvalue weighted by atomic mass is 35.5. The molecule has 0 spiro atoms. The molecule has 8 heteroatoms. The summed E-state index contributed by atoms with van der Waals surface area (Å²) in [5, 5.41) is 12.2. The van der Waals surface area contributed by atoms with Crippen LogP contribution in [0.3, 0.4) is 0 Å². The van der Waals surface area contributed by atoms with E-state index >= 15 is 0 Å². The smallest absolute Gasteiger partial charge is 0.233 e. The Kier molecular flexibility index (Phi) is 3.46. The first kappa shape index (κ1) is 12.4. The minimum atomic E-state index is -0.0365. The van der Waals surface area contributed by atoms with Gasteiger partial charge >= 0.3 is 0 Å². The molecule has 0 unspecified atom stereocenters. The van der Waals surface area contributed by atoms with Gasteiger partial charge in [0.05, 0.1) is 11.3 Å². The van der Waals surface area contributed by atoms with Gasteiger partial charge in [-0.1, -0.05) is 11.6 Å². The van der Waals surface area contributed by atoms with Gasteiger partial charge in [0.25, 0.3) is 0 Å². The number of rotatable bonds is 2. The van der Waals surface area contributed by atoms with Crippen LogP contribution < -0.4 is 11.1 Å². The Labute approximate surface area is 112 Å². The predicted molar refractivity (Wildman–Crippen MR) is 68.7 cm³/mol. The summed E-state index contributed by atoms with van der Waals surface area (Å²) in [5.74, 6) is 0.129. The van der Waals surface area contributed by atoms with Gasteiger partial charge in [0.15, 0.2) is 0 Å². The number of aromatic nitrogens is 3. The molecule has 2 aromatic rings. The molecule has 0 saturated carbocycles. The molecule has 6 nitrogen and oxygen atoms in total. The minimum Gasteiger partial charge on any atom is -0.368 e. The van der Waals surface area contributed by atoms with Crippen LogP contribution in [-0.4, -0.2) is 15.0 Å². The highest BCUT2D eigenvalue weighted by molar-refractivity contribution is 6.31. The van der Waals surface area contributed by atoms with Crippen molar-refractivity contribution in [2.24, 2.45) is 0 Å². The maximum absolute atomic E-state index is 8.96. The van der Waals surface area contributed by atoms with E-state index in [0.29, 0.717) is 16.3 Å². The number of nitrogens with two attached hydrogens (primary N) is 1. The van der Waals surface area contributed by atoms with Crippen LogP contribution in [0.2, 0.25) is 10.3 Å². The van der Waals surface area contributed by atoms with E-state index in [9.17, 15) is 0 Å². The largest absolute Gasteiger partial charge is 0.368 e. The summed E-state index contributed by atoms with van der Waals surface area (Å²) in [4.78, 5) is 11.3. The number of hydrogen-bond acceptors (Lipinski definition) is 6. The first-order chi connectivity index (χ1) is 8.58. The normalized spacial score (nSPS) is 9.83. The molecule has 3 N–H and O–H groups in total. The van der Waals surface area contributed by atoms with Crippen molar-refractivity contribution in [2.75, 3.05) is 11.1 Å². The molecule has 0 amide bonds. The van der Waals surface area contributed by atoms with Crippen molar-refractivity contribution in [1.82, 2.24) is 15.0 Å². The SMILES string of the molecule is N#Cc1ccc(Cl)cc1Nc1nc(N)nc(Cl)n1. The van der Waals surface area contributed by atoms with Crippen LogP contribution >= 0.6 is 23.2 Å². The van der Waals surface area contributed by atoms with Crippen molar-refractivity contribution >= 4 is 40.8 Å². The molecule has 0 saturated heterocycles. The molecule has 1 heterocycles. The van der Waals surface area contributed by atoms with Gasteiger partial charge < -0.3 is 11.1 Å². The molecule has 0 bridgehead atoms. The highest BCUT2D eigenvalue weighted by Crippen LogP contribution is 2.23. The fourth-order valence-corrected chi connectivity index (χ4v) is 1.60. The van der Waals surface area contributed by atoms with Crippen LogP contribution in [0.1, 0.15) is 5.56 Å². The van der Waals surface area contributed by atoms with Crippen molar-refractivity contribution in [3.63, 3.8) is 0 Å². The lowest BCUT2D eigenvalue weighted by Gasteiger charge is -2.07. The second kappa shape index (κ2) is 5.04. The van der Waals surface area contributed by atoms with Crippen LogP contribution in [0, 0.1) is 11.3 Å². The zero-order valence-electron chi connectivity index (χ0n) is 8.85. The zero-order valence-corrected chi connectivity index (χ0v) is 10.4. The van der Waals surface area contributed by atoms with Crippen molar-refractivity contribution in [1.29, 1.82) is 5.26 Å². The van der Waals surface area contributed by atoms with E-state index in [2.05, 4.69) is 20.3 Å². The van der Waals surface area contributed by atoms with E-state index in [4.69, 9.17) is 34.2 Å². The van der Waals surface area contributed by atoms with Gasteiger partial charge in [-0.2, -0.15) is 20.2 Å². The van der Waals surface area contributed by atoms with E-state index in [1.54, 1.807) is 18.2 Å². The van der Waals surface area contributed by atoms with Crippen molar-refractivity contribution in [3.8, 4) is 6.07 Å². The molecule has 0 fully saturated rings. The minimum absolute atomic E-state index is 0.0157. The Balaban J connectivity index is 2.39. The summed E-state index contributed by atoms with van der Waals surface area (Å²) >= 11 is 11.5. The Morgan fingerprint density at radius 2 is 2.00 bits per heavy atom. The fourth-order valence-electron chi connectivity index (χ4n) is 1.26. The number of nitrogen functional groups attached to an aromatic ring is 1. The topological polar surface area (TPSA) is 101 Å². The van der Waals surface area contributed by atoms with Crippen LogP contribution in [-0.2, 0) is 0 Å². The fraction of sp³-hybridized carbons (Fsp3) is 0. The van der Waals surface area contributed by atoms with Crippen LogP contribution in [0.15, 0.2) is 18.2 Å². The third kappa shape index (κ3) is 2.77. The highest BCUT2D eigenvalue weighted by Gasteiger charge is 2.07. The third-order valence-corrected chi connectivity index (χ3v) is 2.38. The molecule has 2 rings (SSSR count). The molecule has 0 aliphatic rings. The van der Waals surface area contributed by atoms with E-state index < -0.39 is 0 Å². The number of benzene rings is 1. The number of nitrogens with one attached hydrogen (secondary N) is 1. The first-order valence-electron chi connectivity index (χ1n) is 4.72. The Morgan fingerprint density at radius 1 is 1.22 bits per heavy atom. The Bertz CT molecular complexity index is 617. The number of halogens is 2. The van der Waals surface area contributed by atoms with Gasteiger partial charge in [-0.3, -0.25) is 0 Å². The molecule has 0 atom stereocenters. The summed E-state index contributed by atoms with van der Waals surface area (Å²) in [6.45, 7) is 0. The lowest BCUT2D eigenvalue weighted by atomic mass is 10.2. The zero-order chi connectivity index (χ0) is 13.1. The summed E-state index contributed by atoms with van der Waals surface area (Å²) in [6.07, 6.45) is 0. The summed E-state index contributed by atoms with van der Waals surface area (Å²) < 4.78 is 0. The van der Waals surface area contributed by atoms with Gasteiger partial charge in [-0.15, -0.1) is 0 Å². The van der Waals surface area contributed by atoms with Crippen LogP contribution in [0.25, 0.3) is 0 Å². The lowest BCUT2D eigenvalue weighted by molar-refractivity contribution is 1.07.